The maximum atomic E-state index is 12.4. The van der Waals surface area contributed by atoms with E-state index in [-0.39, 0.29) is 0 Å². The molecule has 0 aliphatic carbocycles. The summed E-state index contributed by atoms with van der Waals surface area (Å²) >= 11 is 1.70. The van der Waals surface area contributed by atoms with Crippen LogP contribution in [-0.4, -0.2) is 30.7 Å². The zero-order chi connectivity index (χ0) is 16.6. The standard InChI is InChI=1S/C17H17NO4S/c1-10-5-4-6-11(7-10)15-14(17(20)22-3)13(16(19)21-2)12-8-23-9-18(12)15/h4-7H,8-9H2,1-3H3. The molecule has 0 atom stereocenters. The van der Waals surface area contributed by atoms with Crippen molar-refractivity contribution in [1.29, 1.82) is 0 Å². The summed E-state index contributed by atoms with van der Waals surface area (Å²) in [5, 5.41) is 0. The van der Waals surface area contributed by atoms with Gasteiger partial charge in [-0.15, -0.1) is 11.8 Å². The maximum Gasteiger partial charge on any atom is 0.340 e. The lowest BCUT2D eigenvalue weighted by molar-refractivity contribution is 0.0556. The highest BCUT2D eigenvalue weighted by Gasteiger charge is 2.34. The van der Waals surface area contributed by atoms with Crippen molar-refractivity contribution >= 4 is 23.7 Å². The average Bonchev–Trinajstić information content (AvgIpc) is 3.13. The highest BCUT2D eigenvalue weighted by atomic mass is 32.2. The van der Waals surface area contributed by atoms with E-state index in [0.717, 1.165) is 22.5 Å². The summed E-state index contributed by atoms with van der Waals surface area (Å²) < 4.78 is 11.8. The Morgan fingerprint density at radius 2 is 1.83 bits per heavy atom. The molecule has 1 aromatic carbocycles. The van der Waals surface area contributed by atoms with Gasteiger partial charge in [-0.3, -0.25) is 0 Å². The number of fused-ring (bicyclic) bond motifs is 1. The molecule has 0 fully saturated rings. The molecule has 2 heterocycles. The minimum atomic E-state index is -0.520. The Labute approximate surface area is 138 Å². The molecule has 0 saturated heterocycles. The van der Waals surface area contributed by atoms with Crippen LogP contribution in [0.25, 0.3) is 11.3 Å². The molecule has 1 aliphatic heterocycles. The van der Waals surface area contributed by atoms with Crippen LogP contribution in [-0.2, 0) is 21.1 Å². The molecular formula is C17H17NO4S. The molecule has 1 aliphatic rings. The van der Waals surface area contributed by atoms with Gasteiger partial charge in [-0.25, -0.2) is 9.59 Å². The first-order chi connectivity index (χ1) is 11.1. The van der Waals surface area contributed by atoms with E-state index in [2.05, 4.69) is 0 Å². The predicted molar refractivity (Wildman–Crippen MR) is 88.6 cm³/mol. The summed E-state index contributed by atoms with van der Waals surface area (Å²) in [6, 6.07) is 7.86. The highest BCUT2D eigenvalue weighted by Crippen LogP contribution is 2.40. The molecule has 0 radical (unpaired) electrons. The zero-order valence-electron chi connectivity index (χ0n) is 13.2. The number of esters is 2. The van der Waals surface area contributed by atoms with Crippen LogP contribution in [0, 0.1) is 6.92 Å². The number of aryl methyl sites for hydroxylation is 1. The minimum Gasteiger partial charge on any atom is -0.465 e. The van der Waals surface area contributed by atoms with Gasteiger partial charge in [0.15, 0.2) is 0 Å². The second kappa shape index (κ2) is 6.12. The summed E-state index contributed by atoms with van der Waals surface area (Å²) in [6.07, 6.45) is 0. The number of benzene rings is 1. The third kappa shape index (κ3) is 2.53. The molecule has 0 N–H and O–H groups in total. The van der Waals surface area contributed by atoms with Crippen molar-refractivity contribution in [3.8, 4) is 11.3 Å². The number of thioether (sulfide) groups is 1. The number of carbonyl (C=O) groups excluding carboxylic acids is 2. The van der Waals surface area contributed by atoms with Gasteiger partial charge < -0.3 is 14.0 Å². The Bertz CT molecular complexity index is 794. The second-order valence-electron chi connectivity index (χ2n) is 5.30. The van der Waals surface area contributed by atoms with E-state index in [0.29, 0.717) is 22.8 Å². The summed E-state index contributed by atoms with van der Waals surface area (Å²) in [5.74, 6) is 0.337. The maximum absolute atomic E-state index is 12.4. The second-order valence-corrected chi connectivity index (χ2v) is 6.26. The molecule has 0 amide bonds. The molecule has 0 bridgehead atoms. The molecule has 2 aromatic rings. The molecule has 1 aromatic heterocycles. The first-order valence-corrected chi connectivity index (χ1v) is 8.30. The Hall–Kier alpha value is -2.21. The molecule has 6 heteroatoms. The Kier molecular flexibility index (Phi) is 4.17. The van der Waals surface area contributed by atoms with E-state index in [9.17, 15) is 9.59 Å². The van der Waals surface area contributed by atoms with Crippen molar-refractivity contribution in [2.75, 3.05) is 14.2 Å². The van der Waals surface area contributed by atoms with Crippen LogP contribution in [0.3, 0.4) is 0 Å². The van der Waals surface area contributed by atoms with E-state index in [4.69, 9.17) is 9.47 Å². The third-order valence-electron chi connectivity index (χ3n) is 3.90. The van der Waals surface area contributed by atoms with Crippen LogP contribution in [0.5, 0.6) is 0 Å². The number of aromatic nitrogens is 1. The van der Waals surface area contributed by atoms with Crippen molar-refractivity contribution in [2.45, 2.75) is 18.6 Å². The van der Waals surface area contributed by atoms with Crippen molar-refractivity contribution in [1.82, 2.24) is 4.57 Å². The van der Waals surface area contributed by atoms with Gasteiger partial charge in [0.25, 0.3) is 0 Å². The Morgan fingerprint density at radius 3 is 2.48 bits per heavy atom. The van der Waals surface area contributed by atoms with Crippen LogP contribution in [0.4, 0.5) is 0 Å². The highest BCUT2D eigenvalue weighted by molar-refractivity contribution is 7.97. The number of hydrogen-bond donors (Lipinski definition) is 0. The summed E-state index contributed by atoms with van der Waals surface area (Å²) in [4.78, 5) is 24.7. The molecule has 3 rings (SSSR count). The lowest BCUT2D eigenvalue weighted by atomic mass is 10.0. The van der Waals surface area contributed by atoms with Crippen LogP contribution in [0.2, 0.25) is 0 Å². The van der Waals surface area contributed by atoms with Crippen LogP contribution < -0.4 is 0 Å². The summed E-state index contributed by atoms with van der Waals surface area (Å²) in [6.45, 7) is 1.99. The van der Waals surface area contributed by atoms with Crippen molar-refractivity contribution in [2.24, 2.45) is 0 Å². The predicted octanol–water partition coefficient (Wildman–Crippen LogP) is 3.24. The number of hydrogen-bond acceptors (Lipinski definition) is 5. The molecule has 23 heavy (non-hydrogen) atoms. The van der Waals surface area contributed by atoms with E-state index < -0.39 is 11.9 Å². The third-order valence-corrected chi connectivity index (χ3v) is 4.82. The molecule has 0 spiro atoms. The smallest absolute Gasteiger partial charge is 0.340 e. The van der Waals surface area contributed by atoms with E-state index in [1.165, 1.54) is 14.2 Å². The van der Waals surface area contributed by atoms with Crippen molar-refractivity contribution in [3.63, 3.8) is 0 Å². The van der Waals surface area contributed by atoms with E-state index in [1.807, 2.05) is 35.8 Å². The molecule has 0 saturated carbocycles. The van der Waals surface area contributed by atoms with Gasteiger partial charge in [-0.05, 0) is 18.6 Å². The fraction of sp³-hybridized carbons (Fsp3) is 0.294. The molecule has 5 nitrogen and oxygen atoms in total. The lowest BCUT2D eigenvalue weighted by Crippen LogP contribution is -2.11. The fourth-order valence-corrected chi connectivity index (χ4v) is 3.96. The first kappa shape index (κ1) is 15.7. The number of nitrogens with zero attached hydrogens (tertiary/aromatic N) is 1. The normalized spacial score (nSPS) is 12.8. The van der Waals surface area contributed by atoms with Crippen molar-refractivity contribution in [3.05, 3.63) is 46.6 Å². The van der Waals surface area contributed by atoms with Gasteiger partial charge in [0.05, 0.1) is 31.4 Å². The monoisotopic (exact) mass is 331 g/mol. The quantitative estimate of drug-likeness (QED) is 0.808. The van der Waals surface area contributed by atoms with E-state index in [1.54, 1.807) is 11.8 Å². The SMILES string of the molecule is COC(=O)c1c(C(=O)OC)c(-c2cccc(C)c2)n2c1CSC2. The van der Waals surface area contributed by atoms with Gasteiger partial charge in [0, 0.05) is 11.4 Å². The average molecular weight is 331 g/mol. The van der Waals surface area contributed by atoms with Crippen molar-refractivity contribution < 1.29 is 19.1 Å². The fourth-order valence-electron chi connectivity index (χ4n) is 2.91. The largest absolute Gasteiger partial charge is 0.465 e. The number of rotatable bonds is 3. The van der Waals surface area contributed by atoms with Crippen LogP contribution in [0.15, 0.2) is 24.3 Å². The van der Waals surface area contributed by atoms with Gasteiger partial charge in [0.2, 0.25) is 0 Å². The molecule has 0 unspecified atom stereocenters. The molecule has 120 valence electrons. The Morgan fingerprint density at radius 1 is 1.13 bits per heavy atom. The number of ether oxygens (including phenoxy) is 2. The molecular weight excluding hydrogens is 314 g/mol. The van der Waals surface area contributed by atoms with Gasteiger partial charge >= 0.3 is 11.9 Å². The van der Waals surface area contributed by atoms with Gasteiger partial charge in [-0.1, -0.05) is 23.8 Å². The summed E-state index contributed by atoms with van der Waals surface area (Å²) in [5.41, 5.74) is 4.13. The zero-order valence-corrected chi connectivity index (χ0v) is 14.0. The van der Waals surface area contributed by atoms with Crippen LogP contribution in [0.1, 0.15) is 32.0 Å². The van der Waals surface area contributed by atoms with Gasteiger partial charge in [0.1, 0.15) is 5.56 Å². The van der Waals surface area contributed by atoms with Gasteiger partial charge in [-0.2, -0.15) is 0 Å². The first-order valence-electron chi connectivity index (χ1n) is 7.15. The Balaban J connectivity index is 2.34. The number of methoxy groups -OCH3 is 2. The number of carbonyl (C=O) groups is 2. The lowest BCUT2D eigenvalue weighted by Gasteiger charge is -2.09. The van der Waals surface area contributed by atoms with Crippen LogP contribution >= 0.6 is 11.8 Å². The summed E-state index contributed by atoms with van der Waals surface area (Å²) in [7, 11) is 2.64. The van der Waals surface area contributed by atoms with E-state index >= 15 is 0 Å². The minimum absolute atomic E-state index is 0.292. The topological polar surface area (TPSA) is 57.5 Å².